The first-order valence-corrected chi connectivity index (χ1v) is 7.39. The van der Waals surface area contributed by atoms with Crippen LogP contribution in [0.25, 0.3) is 0 Å². The number of carbonyl (C=O) groups excluding carboxylic acids is 1. The van der Waals surface area contributed by atoms with Crippen LogP contribution in [0.1, 0.15) is 16.8 Å². The quantitative estimate of drug-likeness (QED) is 0.923. The number of thioether (sulfide) groups is 1. The molecule has 0 radical (unpaired) electrons. The second-order valence-corrected chi connectivity index (χ2v) is 6.00. The molecule has 5 heteroatoms. The lowest BCUT2D eigenvalue weighted by Crippen LogP contribution is -2.29. The molecule has 1 heterocycles. The van der Waals surface area contributed by atoms with E-state index in [1.165, 1.54) is 12.2 Å². The second kappa shape index (κ2) is 5.98. The second-order valence-electron chi connectivity index (χ2n) is 4.04. The van der Waals surface area contributed by atoms with Crippen LogP contribution < -0.4 is 5.32 Å². The van der Waals surface area contributed by atoms with Crippen LogP contribution in [0.5, 0.6) is 0 Å². The molecular formula is C12H13Cl2NOS. The Hall–Kier alpha value is -0.380. The van der Waals surface area contributed by atoms with Gasteiger partial charge in [-0.2, -0.15) is 11.8 Å². The molecule has 1 fully saturated rings. The van der Waals surface area contributed by atoms with Crippen molar-refractivity contribution in [3.63, 3.8) is 0 Å². The lowest BCUT2D eigenvalue weighted by molar-refractivity contribution is 0.0949. The van der Waals surface area contributed by atoms with Crippen LogP contribution in [-0.4, -0.2) is 24.0 Å². The van der Waals surface area contributed by atoms with Crippen LogP contribution >= 0.6 is 35.0 Å². The zero-order valence-corrected chi connectivity index (χ0v) is 11.5. The summed E-state index contributed by atoms with van der Waals surface area (Å²) < 4.78 is 0. The van der Waals surface area contributed by atoms with E-state index < -0.39 is 0 Å². The number of hydrogen-bond acceptors (Lipinski definition) is 2. The predicted octanol–water partition coefficient (Wildman–Crippen LogP) is 3.48. The van der Waals surface area contributed by atoms with Crippen molar-refractivity contribution in [2.24, 2.45) is 5.92 Å². The largest absolute Gasteiger partial charge is 0.352 e. The van der Waals surface area contributed by atoms with E-state index in [-0.39, 0.29) is 5.91 Å². The van der Waals surface area contributed by atoms with Crippen molar-refractivity contribution >= 4 is 40.9 Å². The fourth-order valence-corrected chi connectivity index (χ4v) is 3.64. The number of carbonyl (C=O) groups is 1. The lowest BCUT2D eigenvalue weighted by Gasteiger charge is -2.11. The third-order valence-corrected chi connectivity index (χ3v) is 4.63. The van der Waals surface area contributed by atoms with Crippen molar-refractivity contribution in [3.05, 3.63) is 33.8 Å². The molecule has 0 saturated carbocycles. The van der Waals surface area contributed by atoms with Gasteiger partial charge < -0.3 is 5.32 Å². The fraction of sp³-hybridized carbons (Fsp3) is 0.417. The molecule has 1 amide bonds. The minimum atomic E-state index is -0.183. The van der Waals surface area contributed by atoms with Gasteiger partial charge in [0.2, 0.25) is 0 Å². The number of hydrogen-bond donors (Lipinski definition) is 1. The van der Waals surface area contributed by atoms with Gasteiger partial charge in [-0.3, -0.25) is 4.79 Å². The smallest absolute Gasteiger partial charge is 0.254 e. The molecule has 0 aromatic heterocycles. The summed E-state index contributed by atoms with van der Waals surface area (Å²) in [7, 11) is 0. The van der Waals surface area contributed by atoms with Gasteiger partial charge in [0.05, 0.1) is 15.6 Å². The zero-order chi connectivity index (χ0) is 12.3. The first-order valence-electron chi connectivity index (χ1n) is 5.48. The number of benzene rings is 1. The minimum Gasteiger partial charge on any atom is -0.352 e. The van der Waals surface area contributed by atoms with E-state index in [9.17, 15) is 4.79 Å². The van der Waals surface area contributed by atoms with Gasteiger partial charge >= 0.3 is 0 Å². The summed E-state index contributed by atoms with van der Waals surface area (Å²) in [5.74, 6) is 2.70. The summed E-state index contributed by atoms with van der Waals surface area (Å²) in [6.07, 6.45) is 1.17. The summed E-state index contributed by atoms with van der Waals surface area (Å²) in [6.45, 7) is 0.702. The molecule has 0 unspecified atom stereocenters. The van der Waals surface area contributed by atoms with E-state index in [1.54, 1.807) is 18.2 Å². The summed E-state index contributed by atoms with van der Waals surface area (Å²) in [6, 6.07) is 5.08. The van der Waals surface area contributed by atoms with Crippen molar-refractivity contribution < 1.29 is 4.79 Å². The molecule has 1 N–H and O–H groups in total. The number of amides is 1. The molecule has 0 bridgehead atoms. The van der Waals surface area contributed by atoms with Gasteiger partial charge in [-0.25, -0.2) is 0 Å². The van der Waals surface area contributed by atoms with Crippen LogP contribution in [-0.2, 0) is 0 Å². The van der Waals surface area contributed by atoms with Gasteiger partial charge in [-0.15, -0.1) is 0 Å². The van der Waals surface area contributed by atoms with Crippen molar-refractivity contribution in [2.45, 2.75) is 6.42 Å². The van der Waals surface area contributed by atoms with Crippen LogP contribution in [0.2, 0.25) is 10.0 Å². The Morgan fingerprint density at radius 2 is 2.12 bits per heavy atom. The molecule has 1 aromatic carbocycles. The van der Waals surface area contributed by atoms with E-state index in [0.29, 0.717) is 28.1 Å². The highest BCUT2D eigenvalue weighted by Crippen LogP contribution is 2.25. The molecule has 0 spiro atoms. The Kier molecular flexibility index (Phi) is 4.60. The van der Waals surface area contributed by atoms with Crippen molar-refractivity contribution in [2.75, 3.05) is 18.1 Å². The SMILES string of the molecule is O=C(NC[C@H]1CCSC1)c1c(Cl)cccc1Cl. The van der Waals surface area contributed by atoms with Gasteiger partial charge in [0.15, 0.2) is 0 Å². The highest BCUT2D eigenvalue weighted by atomic mass is 35.5. The zero-order valence-electron chi connectivity index (χ0n) is 9.21. The molecule has 1 aliphatic heterocycles. The molecule has 1 aliphatic rings. The highest BCUT2D eigenvalue weighted by Gasteiger charge is 2.18. The van der Waals surface area contributed by atoms with Crippen molar-refractivity contribution in [3.8, 4) is 0 Å². The Labute approximate surface area is 115 Å². The maximum Gasteiger partial charge on any atom is 0.254 e. The predicted molar refractivity (Wildman–Crippen MR) is 74.2 cm³/mol. The normalized spacial score (nSPS) is 19.3. The Morgan fingerprint density at radius 3 is 2.71 bits per heavy atom. The molecule has 1 aromatic rings. The molecule has 1 atom stereocenters. The van der Waals surface area contributed by atoms with Crippen molar-refractivity contribution in [1.29, 1.82) is 0 Å². The maximum atomic E-state index is 12.0. The monoisotopic (exact) mass is 289 g/mol. The summed E-state index contributed by atoms with van der Waals surface area (Å²) in [4.78, 5) is 12.0. The Morgan fingerprint density at radius 1 is 1.41 bits per heavy atom. The molecular weight excluding hydrogens is 277 g/mol. The summed E-state index contributed by atoms with van der Waals surface area (Å²) in [5.41, 5.74) is 0.376. The molecule has 2 nitrogen and oxygen atoms in total. The lowest BCUT2D eigenvalue weighted by atomic mass is 10.1. The summed E-state index contributed by atoms with van der Waals surface area (Å²) in [5, 5.41) is 3.70. The van der Waals surface area contributed by atoms with E-state index in [1.807, 2.05) is 11.8 Å². The Bertz CT molecular complexity index is 399. The van der Waals surface area contributed by atoms with Crippen molar-refractivity contribution in [1.82, 2.24) is 5.32 Å². The average molecular weight is 290 g/mol. The highest BCUT2D eigenvalue weighted by molar-refractivity contribution is 7.99. The maximum absolute atomic E-state index is 12.0. The van der Waals surface area contributed by atoms with Crippen LogP contribution in [0, 0.1) is 5.92 Å². The van der Waals surface area contributed by atoms with E-state index in [2.05, 4.69) is 5.32 Å². The third-order valence-electron chi connectivity index (χ3n) is 2.77. The first kappa shape index (κ1) is 13.1. The van der Waals surface area contributed by atoms with E-state index >= 15 is 0 Å². The van der Waals surface area contributed by atoms with Crippen LogP contribution in [0.3, 0.4) is 0 Å². The van der Waals surface area contributed by atoms with Crippen LogP contribution in [0.4, 0.5) is 0 Å². The minimum absolute atomic E-state index is 0.183. The molecule has 1 saturated heterocycles. The number of nitrogens with one attached hydrogen (secondary N) is 1. The third kappa shape index (κ3) is 3.30. The average Bonchev–Trinajstić information content (AvgIpc) is 2.79. The van der Waals surface area contributed by atoms with Gasteiger partial charge in [-0.1, -0.05) is 29.3 Å². The summed E-state index contributed by atoms with van der Waals surface area (Å²) >= 11 is 13.9. The van der Waals surface area contributed by atoms with Gasteiger partial charge in [-0.05, 0) is 36.0 Å². The first-order chi connectivity index (χ1) is 8.18. The number of halogens is 2. The van der Waals surface area contributed by atoms with Gasteiger partial charge in [0, 0.05) is 6.54 Å². The van der Waals surface area contributed by atoms with Gasteiger partial charge in [0.1, 0.15) is 0 Å². The Balaban J connectivity index is 1.99. The van der Waals surface area contributed by atoms with Crippen LogP contribution in [0.15, 0.2) is 18.2 Å². The molecule has 17 heavy (non-hydrogen) atoms. The number of rotatable bonds is 3. The van der Waals surface area contributed by atoms with E-state index in [4.69, 9.17) is 23.2 Å². The van der Waals surface area contributed by atoms with E-state index in [0.717, 1.165) is 5.75 Å². The topological polar surface area (TPSA) is 29.1 Å². The fourth-order valence-electron chi connectivity index (χ4n) is 1.78. The van der Waals surface area contributed by atoms with Gasteiger partial charge in [0.25, 0.3) is 5.91 Å². The standard InChI is InChI=1S/C12H13Cl2NOS/c13-9-2-1-3-10(14)11(9)12(16)15-6-8-4-5-17-7-8/h1-3,8H,4-7H2,(H,15,16)/t8-/m1/s1. The molecule has 2 rings (SSSR count). The molecule has 0 aliphatic carbocycles. The molecule has 92 valence electrons.